The second-order valence-electron chi connectivity index (χ2n) is 4.51. The Labute approximate surface area is 132 Å². The van der Waals surface area contributed by atoms with Crippen LogP contribution >= 0.6 is 35.0 Å². The molecule has 1 unspecified atom stereocenters. The van der Waals surface area contributed by atoms with E-state index in [2.05, 4.69) is 0 Å². The van der Waals surface area contributed by atoms with E-state index in [4.69, 9.17) is 5.73 Å². The SMILES string of the molecule is Cl.NCC1CCCCN1C(=O)c1ccc(I)c(F)c1. The zero-order valence-electron chi connectivity index (χ0n) is 10.4. The number of benzene rings is 1. The first-order valence-electron chi connectivity index (χ1n) is 6.09. The molecule has 2 rings (SSSR count). The predicted molar refractivity (Wildman–Crippen MR) is 84.1 cm³/mol. The molecule has 2 N–H and O–H groups in total. The lowest BCUT2D eigenvalue weighted by Gasteiger charge is -2.35. The van der Waals surface area contributed by atoms with Crippen molar-refractivity contribution in [2.45, 2.75) is 25.3 Å². The molecule has 6 heteroatoms. The number of nitrogens with two attached hydrogens (primary N) is 1. The third-order valence-corrected chi connectivity index (χ3v) is 4.20. The zero-order valence-corrected chi connectivity index (χ0v) is 13.4. The molecule has 0 radical (unpaired) electrons. The van der Waals surface area contributed by atoms with Crippen molar-refractivity contribution < 1.29 is 9.18 Å². The molecule has 0 aromatic heterocycles. The molecule has 1 aromatic carbocycles. The minimum Gasteiger partial charge on any atom is -0.334 e. The van der Waals surface area contributed by atoms with Crippen LogP contribution in [0.5, 0.6) is 0 Å². The largest absolute Gasteiger partial charge is 0.334 e. The molecule has 1 aromatic rings. The Kier molecular flexibility index (Phi) is 6.49. The number of carbonyl (C=O) groups excluding carboxylic acids is 1. The van der Waals surface area contributed by atoms with Crippen molar-refractivity contribution in [2.75, 3.05) is 13.1 Å². The molecule has 1 atom stereocenters. The van der Waals surface area contributed by atoms with Gasteiger partial charge in [-0.15, -0.1) is 12.4 Å². The monoisotopic (exact) mass is 398 g/mol. The van der Waals surface area contributed by atoms with Crippen LogP contribution in [0.2, 0.25) is 0 Å². The van der Waals surface area contributed by atoms with Gasteiger partial charge in [0.2, 0.25) is 0 Å². The van der Waals surface area contributed by atoms with Gasteiger partial charge >= 0.3 is 0 Å². The number of hydrogen-bond donors (Lipinski definition) is 1. The van der Waals surface area contributed by atoms with Crippen LogP contribution in [-0.2, 0) is 0 Å². The maximum atomic E-state index is 13.5. The predicted octanol–water partition coefficient (Wildman–Crippen LogP) is 2.81. The van der Waals surface area contributed by atoms with Crippen molar-refractivity contribution in [3.8, 4) is 0 Å². The molecular weight excluding hydrogens is 382 g/mol. The third-order valence-electron chi connectivity index (χ3n) is 3.33. The summed E-state index contributed by atoms with van der Waals surface area (Å²) in [5.41, 5.74) is 6.10. The fourth-order valence-corrected chi connectivity index (χ4v) is 2.64. The number of nitrogens with zero attached hydrogens (tertiary/aromatic N) is 1. The molecule has 1 amide bonds. The lowest BCUT2D eigenvalue weighted by atomic mass is 10.0. The van der Waals surface area contributed by atoms with E-state index in [1.807, 2.05) is 22.6 Å². The summed E-state index contributed by atoms with van der Waals surface area (Å²) in [4.78, 5) is 14.1. The van der Waals surface area contributed by atoms with Gasteiger partial charge < -0.3 is 10.6 Å². The maximum Gasteiger partial charge on any atom is 0.254 e. The van der Waals surface area contributed by atoms with Crippen molar-refractivity contribution in [3.05, 3.63) is 33.1 Å². The van der Waals surface area contributed by atoms with E-state index in [-0.39, 0.29) is 30.2 Å². The molecule has 0 aliphatic carbocycles. The van der Waals surface area contributed by atoms with Gasteiger partial charge in [0.05, 0.1) is 0 Å². The second-order valence-corrected chi connectivity index (χ2v) is 5.67. The van der Waals surface area contributed by atoms with Crippen LogP contribution in [0.15, 0.2) is 18.2 Å². The molecule has 0 spiro atoms. The summed E-state index contributed by atoms with van der Waals surface area (Å²) < 4.78 is 14.0. The first-order chi connectivity index (χ1) is 8.63. The highest BCUT2D eigenvalue weighted by Crippen LogP contribution is 2.20. The first-order valence-corrected chi connectivity index (χ1v) is 7.17. The fraction of sp³-hybridized carbons (Fsp3) is 0.462. The number of amides is 1. The molecule has 3 nitrogen and oxygen atoms in total. The van der Waals surface area contributed by atoms with Gasteiger partial charge in [-0.05, 0) is 60.1 Å². The Morgan fingerprint density at radius 1 is 1.47 bits per heavy atom. The van der Waals surface area contributed by atoms with Gasteiger partial charge in [-0.3, -0.25) is 4.79 Å². The van der Waals surface area contributed by atoms with Gasteiger partial charge in [0.25, 0.3) is 5.91 Å². The van der Waals surface area contributed by atoms with Crippen LogP contribution in [-0.4, -0.2) is 29.9 Å². The molecule has 0 bridgehead atoms. The molecule has 1 fully saturated rings. The minimum absolute atomic E-state index is 0. The van der Waals surface area contributed by atoms with Crippen molar-refractivity contribution in [1.82, 2.24) is 4.90 Å². The summed E-state index contributed by atoms with van der Waals surface area (Å²) in [6.07, 6.45) is 3.04. The van der Waals surface area contributed by atoms with Crippen molar-refractivity contribution in [3.63, 3.8) is 0 Å². The Morgan fingerprint density at radius 2 is 2.21 bits per heavy atom. The fourth-order valence-electron chi connectivity index (χ4n) is 2.31. The number of likely N-dealkylation sites (tertiary alicyclic amines) is 1. The lowest BCUT2D eigenvalue weighted by molar-refractivity contribution is 0.0623. The van der Waals surface area contributed by atoms with Gasteiger partial charge in [0, 0.05) is 28.3 Å². The van der Waals surface area contributed by atoms with Gasteiger partial charge in [-0.1, -0.05) is 0 Å². The van der Waals surface area contributed by atoms with Gasteiger partial charge in [-0.25, -0.2) is 4.39 Å². The van der Waals surface area contributed by atoms with E-state index in [0.29, 0.717) is 22.2 Å². The normalized spacial score (nSPS) is 18.9. The van der Waals surface area contributed by atoms with Crippen molar-refractivity contribution >= 4 is 40.9 Å². The number of carbonyl (C=O) groups is 1. The summed E-state index contributed by atoms with van der Waals surface area (Å²) >= 11 is 1.91. The molecule has 106 valence electrons. The van der Waals surface area contributed by atoms with Gasteiger partial charge in [0.1, 0.15) is 5.82 Å². The number of piperidine rings is 1. The standard InChI is InChI=1S/C13H16FIN2O.ClH/c14-11-7-9(4-5-12(11)15)13(18)17-6-2-1-3-10(17)8-16;/h4-5,7,10H,1-3,6,8,16H2;1H. The zero-order chi connectivity index (χ0) is 13.1. The lowest BCUT2D eigenvalue weighted by Crippen LogP contribution is -2.47. The van der Waals surface area contributed by atoms with Gasteiger partial charge in [-0.2, -0.15) is 0 Å². The highest BCUT2D eigenvalue weighted by Gasteiger charge is 2.26. The Balaban J connectivity index is 0.00000180. The van der Waals surface area contributed by atoms with Crippen LogP contribution in [0, 0.1) is 9.39 Å². The number of halogens is 3. The summed E-state index contributed by atoms with van der Waals surface area (Å²) in [5.74, 6) is -0.455. The summed E-state index contributed by atoms with van der Waals surface area (Å²) in [6.45, 7) is 1.19. The number of rotatable bonds is 2. The summed E-state index contributed by atoms with van der Waals surface area (Å²) in [7, 11) is 0. The van der Waals surface area contributed by atoms with Crippen LogP contribution in [0.3, 0.4) is 0 Å². The smallest absolute Gasteiger partial charge is 0.254 e. The van der Waals surface area contributed by atoms with Crippen LogP contribution in [0.25, 0.3) is 0 Å². The molecule has 1 saturated heterocycles. The van der Waals surface area contributed by atoms with Crippen LogP contribution in [0.4, 0.5) is 4.39 Å². The van der Waals surface area contributed by atoms with Crippen LogP contribution in [0.1, 0.15) is 29.6 Å². The highest BCUT2D eigenvalue weighted by atomic mass is 127. The topological polar surface area (TPSA) is 46.3 Å². The molecule has 1 aliphatic rings. The van der Waals surface area contributed by atoms with Crippen molar-refractivity contribution in [1.29, 1.82) is 0 Å². The number of hydrogen-bond acceptors (Lipinski definition) is 2. The average Bonchev–Trinajstić information content (AvgIpc) is 2.41. The summed E-state index contributed by atoms with van der Waals surface area (Å²) in [6, 6.07) is 4.71. The Bertz CT molecular complexity index is 458. The summed E-state index contributed by atoms with van der Waals surface area (Å²) in [5, 5.41) is 0. The minimum atomic E-state index is -0.345. The third kappa shape index (κ3) is 3.79. The molecule has 19 heavy (non-hydrogen) atoms. The average molecular weight is 399 g/mol. The van der Waals surface area contributed by atoms with E-state index in [9.17, 15) is 9.18 Å². The Morgan fingerprint density at radius 3 is 2.84 bits per heavy atom. The van der Waals surface area contributed by atoms with E-state index in [0.717, 1.165) is 19.3 Å². The van der Waals surface area contributed by atoms with E-state index in [1.54, 1.807) is 17.0 Å². The van der Waals surface area contributed by atoms with E-state index in [1.165, 1.54) is 6.07 Å². The molecule has 1 aliphatic heterocycles. The van der Waals surface area contributed by atoms with Gasteiger partial charge in [0.15, 0.2) is 0 Å². The maximum absolute atomic E-state index is 13.5. The van der Waals surface area contributed by atoms with E-state index >= 15 is 0 Å². The second kappa shape index (κ2) is 7.40. The first kappa shape index (κ1) is 16.7. The van der Waals surface area contributed by atoms with Crippen LogP contribution < -0.4 is 5.73 Å². The van der Waals surface area contributed by atoms with E-state index < -0.39 is 0 Å². The molecule has 0 saturated carbocycles. The molecular formula is C13H17ClFIN2O. The molecule has 1 heterocycles. The Hall–Kier alpha value is -0.400. The quantitative estimate of drug-likeness (QED) is 0.779. The highest BCUT2D eigenvalue weighted by molar-refractivity contribution is 14.1. The van der Waals surface area contributed by atoms with Crippen molar-refractivity contribution in [2.24, 2.45) is 5.73 Å².